The minimum absolute atomic E-state index is 0.908. The molecule has 0 N–H and O–H groups in total. The Balaban J connectivity index is 3.00. The van der Waals surface area contributed by atoms with Gasteiger partial charge in [0.1, 0.15) is 0 Å². The van der Waals surface area contributed by atoms with Gasteiger partial charge in [0.05, 0.1) is 0 Å². The molecule has 1 radical (unpaired) electrons. The first-order valence-electron chi connectivity index (χ1n) is 3.74. The molecule has 11 heavy (non-hydrogen) atoms. The zero-order chi connectivity index (χ0) is 8.27. The molecule has 0 nitrogen and oxygen atoms in total. The zero-order valence-corrected chi connectivity index (χ0v) is 7.87. The van der Waals surface area contributed by atoms with E-state index < -0.39 is 0 Å². The molecule has 0 heterocycles. The maximum atomic E-state index is 3.83. The molecule has 0 aliphatic rings. The summed E-state index contributed by atoms with van der Waals surface area (Å²) < 4.78 is 0. The van der Waals surface area contributed by atoms with Crippen molar-refractivity contribution in [3.63, 3.8) is 0 Å². The van der Waals surface area contributed by atoms with Crippen LogP contribution in [0.2, 0.25) is 0 Å². The monoisotopic (exact) mass is 165 g/mol. The van der Waals surface area contributed by atoms with Crippen molar-refractivity contribution >= 4 is 11.8 Å². The summed E-state index contributed by atoms with van der Waals surface area (Å²) in [7, 11) is 0. The van der Waals surface area contributed by atoms with E-state index in [2.05, 4.69) is 39.0 Å². The first-order valence-corrected chi connectivity index (χ1v) is 4.72. The molecule has 1 aromatic carbocycles. The lowest BCUT2D eigenvalue weighted by molar-refractivity contribution is 1.22. The van der Waals surface area contributed by atoms with Crippen LogP contribution >= 0.6 is 11.8 Å². The highest BCUT2D eigenvalue weighted by Crippen LogP contribution is 2.25. The maximum absolute atomic E-state index is 3.83. The topological polar surface area (TPSA) is 0 Å². The molecule has 0 amide bonds. The summed E-state index contributed by atoms with van der Waals surface area (Å²) in [5.74, 6) is 0.908. The highest BCUT2D eigenvalue weighted by molar-refractivity contribution is 7.99. The third-order valence-electron chi connectivity index (χ3n) is 1.66. The van der Waals surface area contributed by atoms with Crippen molar-refractivity contribution in [1.29, 1.82) is 0 Å². The second-order valence-corrected chi connectivity index (χ2v) is 3.67. The van der Waals surface area contributed by atoms with E-state index in [4.69, 9.17) is 0 Å². The molecule has 0 aliphatic carbocycles. The maximum Gasteiger partial charge on any atom is 0.0130 e. The first-order chi connectivity index (χ1) is 5.25. The molecule has 0 fully saturated rings. The molecule has 0 spiro atoms. The summed E-state index contributed by atoms with van der Waals surface area (Å²) in [6, 6.07) is 6.38. The van der Waals surface area contributed by atoms with Crippen LogP contribution in [0.25, 0.3) is 0 Å². The normalized spacial score (nSPS) is 10.1. The van der Waals surface area contributed by atoms with Gasteiger partial charge in [0, 0.05) is 4.90 Å². The lowest BCUT2D eigenvalue weighted by Gasteiger charge is -2.06. The van der Waals surface area contributed by atoms with E-state index in [-0.39, 0.29) is 0 Å². The molecule has 0 bridgehead atoms. The molecule has 0 aromatic heterocycles. The zero-order valence-electron chi connectivity index (χ0n) is 7.05. The minimum Gasteiger partial charge on any atom is -0.126 e. The van der Waals surface area contributed by atoms with Gasteiger partial charge in [-0.15, -0.1) is 11.8 Å². The summed E-state index contributed by atoms with van der Waals surface area (Å²) >= 11 is 1.82. The molecule has 0 atom stereocenters. The Labute approximate surface area is 73.0 Å². The van der Waals surface area contributed by atoms with Crippen LogP contribution in [0.5, 0.6) is 0 Å². The Kier molecular flexibility index (Phi) is 3.01. The third kappa shape index (κ3) is 2.00. The standard InChI is InChI=1S/C10H13S/c1-4-11-10-8(2)6-5-7-9(10)3/h5-7H,1,4H2,2-3H3. The van der Waals surface area contributed by atoms with Gasteiger partial charge in [0.25, 0.3) is 0 Å². The number of thioether (sulfide) groups is 1. The Bertz CT molecular complexity index is 220. The number of aryl methyl sites for hydroxylation is 2. The van der Waals surface area contributed by atoms with Gasteiger partial charge in [-0.1, -0.05) is 18.2 Å². The summed E-state index contributed by atoms with van der Waals surface area (Å²) in [4.78, 5) is 1.39. The van der Waals surface area contributed by atoms with Gasteiger partial charge in [-0.05, 0) is 37.7 Å². The smallest absolute Gasteiger partial charge is 0.0130 e. The molecule has 1 aromatic rings. The van der Waals surface area contributed by atoms with Crippen LogP contribution < -0.4 is 0 Å². The predicted molar refractivity (Wildman–Crippen MR) is 52.0 cm³/mol. The van der Waals surface area contributed by atoms with Crippen molar-refractivity contribution in [3.05, 3.63) is 36.2 Å². The summed E-state index contributed by atoms with van der Waals surface area (Å²) in [6.45, 7) is 8.11. The van der Waals surface area contributed by atoms with Gasteiger partial charge < -0.3 is 0 Å². The first kappa shape index (κ1) is 8.66. The van der Waals surface area contributed by atoms with Crippen molar-refractivity contribution in [1.82, 2.24) is 0 Å². The van der Waals surface area contributed by atoms with Crippen LogP contribution in [0.15, 0.2) is 23.1 Å². The SMILES string of the molecule is [CH2]CSc1c(C)cccc1C. The lowest BCUT2D eigenvalue weighted by atomic mass is 10.2. The van der Waals surface area contributed by atoms with Crippen LogP contribution in [0.1, 0.15) is 11.1 Å². The van der Waals surface area contributed by atoms with E-state index in [9.17, 15) is 0 Å². The average molecular weight is 165 g/mol. The van der Waals surface area contributed by atoms with E-state index in [1.807, 2.05) is 11.8 Å². The van der Waals surface area contributed by atoms with Crippen molar-refractivity contribution in [2.45, 2.75) is 18.7 Å². The molecular weight excluding hydrogens is 152 g/mol. The molecule has 0 saturated heterocycles. The summed E-state index contributed by atoms with van der Waals surface area (Å²) in [6.07, 6.45) is 0. The quantitative estimate of drug-likeness (QED) is 0.606. The van der Waals surface area contributed by atoms with Gasteiger partial charge in [-0.25, -0.2) is 0 Å². The van der Waals surface area contributed by atoms with Crippen LogP contribution in [0.3, 0.4) is 0 Å². The predicted octanol–water partition coefficient (Wildman–Crippen LogP) is 3.23. The minimum atomic E-state index is 0.908. The molecule has 0 aliphatic heterocycles. The fraction of sp³-hybridized carbons (Fsp3) is 0.300. The van der Waals surface area contributed by atoms with E-state index in [1.54, 1.807) is 0 Å². The largest absolute Gasteiger partial charge is 0.126 e. The van der Waals surface area contributed by atoms with Crippen LogP contribution in [-0.2, 0) is 0 Å². The van der Waals surface area contributed by atoms with Crippen molar-refractivity contribution in [2.75, 3.05) is 5.75 Å². The second-order valence-electron chi connectivity index (χ2n) is 2.57. The number of hydrogen-bond donors (Lipinski definition) is 0. The van der Waals surface area contributed by atoms with Gasteiger partial charge >= 0.3 is 0 Å². The Morgan fingerprint density at radius 2 is 1.82 bits per heavy atom. The van der Waals surface area contributed by atoms with E-state index in [0.29, 0.717) is 0 Å². The molecular formula is C10H13S. The highest BCUT2D eigenvalue weighted by atomic mass is 32.2. The number of rotatable bonds is 2. The second kappa shape index (κ2) is 3.82. The third-order valence-corrected chi connectivity index (χ3v) is 2.79. The van der Waals surface area contributed by atoms with Crippen LogP contribution in [0.4, 0.5) is 0 Å². The fourth-order valence-electron chi connectivity index (χ4n) is 1.13. The molecule has 1 heteroatoms. The number of benzene rings is 1. The van der Waals surface area contributed by atoms with Crippen molar-refractivity contribution in [2.24, 2.45) is 0 Å². The summed E-state index contributed by atoms with van der Waals surface area (Å²) in [5, 5.41) is 0. The molecule has 0 unspecified atom stereocenters. The van der Waals surface area contributed by atoms with Gasteiger partial charge in [-0.2, -0.15) is 0 Å². The van der Waals surface area contributed by atoms with E-state index in [0.717, 1.165) is 5.75 Å². The average Bonchev–Trinajstić information content (AvgIpc) is 1.97. The molecule has 0 saturated carbocycles. The Morgan fingerprint density at radius 3 is 2.27 bits per heavy atom. The lowest BCUT2D eigenvalue weighted by Crippen LogP contribution is -1.84. The summed E-state index contributed by atoms with van der Waals surface area (Å²) in [5.41, 5.74) is 2.72. The van der Waals surface area contributed by atoms with Gasteiger partial charge in [0.15, 0.2) is 0 Å². The van der Waals surface area contributed by atoms with Crippen LogP contribution in [0, 0.1) is 20.8 Å². The Morgan fingerprint density at radius 1 is 1.27 bits per heavy atom. The number of hydrogen-bond acceptors (Lipinski definition) is 1. The van der Waals surface area contributed by atoms with Crippen LogP contribution in [-0.4, -0.2) is 5.75 Å². The molecule has 1 rings (SSSR count). The van der Waals surface area contributed by atoms with Crippen molar-refractivity contribution in [3.8, 4) is 0 Å². The van der Waals surface area contributed by atoms with Gasteiger partial charge in [0.2, 0.25) is 0 Å². The van der Waals surface area contributed by atoms with Gasteiger partial charge in [-0.3, -0.25) is 0 Å². The van der Waals surface area contributed by atoms with Crippen molar-refractivity contribution < 1.29 is 0 Å². The Hall–Kier alpha value is -0.430. The van der Waals surface area contributed by atoms with E-state index in [1.165, 1.54) is 16.0 Å². The highest BCUT2D eigenvalue weighted by Gasteiger charge is 1.99. The fourth-order valence-corrected chi connectivity index (χ4v) is 1.92. The van der Waals surface area contributed by atoms with E-state index >= 15 is 0 Å². The molecule has 59 valence electrons.